The monoisotopic (exact) mass is 239 g/mol. The van der Waals surface area contributed by atoms with E-state index in [1.165, 1.54) is 13.3 Å². The number of ketones is 1. The van der Waals surface area contributed by atoms with E-state index in [0.717, 1.165) is 0 Å². The minimum Gasteiger partial charge on any atom is -0.466 e. The highest BCUT2D eigenvalue weighted by atomic mass is 16.6. The van der Waals surface area contributed by atoms with Gasteiger partial charge in [0.05, 0.1) is 24.5 Å². The maximum Gasteiger partial charge on any atom is 0.335 e. The Kier molecular flexibility index (Phi) is 4.04. The smallest absolute Gasteiger partial charge is 0.335 e. The molecule has 1 aliphatic rings. The Balaban J connectivity index is 3.14. The van der Waals surface area contributed by atoms with Gasteiger partial charge in [-0.25, -0.2) is 4.79 Å². The fourth-order valence-electron chi connectivity index (χ4n) is 1.88. The van der Waals surface area contributed by atoms with Crippen molar-refractivity contribution < 1.29 is 19.2 Å². The van der Waals surface area contributed by atoms with Crippen LogP contribution in [0.5, 0.6) is 0 Å². The molecule has 0 radical (unpaired) electrons. The lowest BCUT2D eigenvalue weighted by Crippen LogP contribution is -2.19. The van der Waals surface area contributed by atoms with Gasteiger partial charge in [-0.05, 0) is 6.92 Å². The lowest BCUT2D eigenvalue weighted by molar-refractivity contribution is -0.137. The van der Waals surface area contributed by atoms with Crippen LogP contribution < -0.4 is 0 Å². The van der Waals surface area contributed by atoms with Gasteiger partial charge >= 0.3 is 5.97 Å². The number of esters is 1. The number of methoxy groups -OCH3 is 1. The van der Waals surface area contributed by atoms with Crippen molar-refractivity contribution in [3.8, 4) is 0 Å². The number of Topliss-reactive ketones (excluding diaryl/α,β-unsaturated/α-hetero) is 1. The molecule has 1 rings (SSSR count). The molecular weight excluding hydrogens is 222 g/mol. The van der Waals surface area contributed by atoms with Crippen LogP contribution in [0.25, 0.3) is 0 Å². The Morgan fingerprint density at radius 1 is 1.53 bits per heavy atom. The van der Waals surface area contributed by atoms with Gasteiger partial charge in [0.25, 0.3) is 0 Å². The summed E-state index contributed by atoms with van der Waals surface area (Å²) in [5.74, 6) is -0.599. The van der Waals surface area contributed by atoms with Crippen molar-refractivity contribution in [1.29, 1.82) is 0 Å². The number of hydrogen-bond donors (Lipinski definition) is 0. The van der Waals surface area contributed by atoms with Crippen LogP contribution >= 0.6 is 0 Å². The number of hydrogen-bond acceptors (Lipinski definition) is 5. The number of carbonyl (C=O) groups is 2. The highest BCUT2D eigenvalue weighted by molar-refractivity contribution is 6.21. The van der Waals surface area contributed by atoms with Crippen molar-refractivity contribution in [2.24, 2.45) is 10.6 Å². The van der Waals surface area contributed by atoms with Crippen LogP contribution in [-0.2, 0) is 19.2 Å². The average Bonchev–Trinajstić information content (AvgIpc) is 2.48. The van der Waals surface area contributed by atoms with Crippen molar-refractivity contribution in [2.75, 3.05) is 13.7 Å². The summed E-state index contributed by atoms with van der Waals surface area (Å²) in [6, 6.07) is 0. The number of nitrogens with zero attached hydrogens (tertiary/aromatic N) is 1. The highest BCUT2D eigenvalue weighted by Gasteiger charge is 2.42. The van der Waals surface area contributed by atoms with Crippen LogP contribution in [0.4, 0.5) is 0 Å². The molecule has 0 saturated carbocycles. The van der Waals surface area contributed by atoms with Crippen LogP contribution in [0.3, 0.4) is 0 Å². The fourth-order valence-corrected chi connectivity index (χ4v) is 1.88. The SMILES string of the molecule is CCON=CC1=C(C(=O)OC)C(C)(C)CC1=O. The lowest BCUT2D eigenvalue weighted by atomic mass is 9.85. The zero-order valence-electron chi connectivity index (χ0n) is 10.6. The summed E-state index contributed by atoms with van der Waals surface area (Å²) in [5.41, 5.74) is 0.140. The third kappa shape index (κ3) is 2.72. The van der Waals surface area contributed by atoms with E-state index in [1.54, 1.807) is 6.92 Å². The predicted molar refractivity (Wildman–Crippen MR) is 62.6 cm³/mol. The Bertz CT molecular complexity index is 393. The molecule has 0 saturated heterocycles. The van der Waals surface area contributed by atoms with Crippen molar-refractivity contribution in [3.63, 3.8) is 0 Å². The second kappa shape index (κ2) is 5.12. The zero-order chi connectivity index (χ0) is 13.1. The van der Waals surface area contributed by atoms with E-state index >= 15 is 0 Å². The first-order valence-corrected chi connectivity index (χ1v) is 5.45. The molecule has 0 aromatic carbocycles. The molecule has 0 heterocycles. The van der Waals surface area contributed by atoms with Gasteiger partial charge in [-0.1, -0.05) is 19.0 Å². The quantitative estimate of drug-likeness (QED) is 0.423. The summed E-state index contributed by atoms with van der Waals surface area (Å²) in [7, 11) is 1.30. The summed E-state index contributed by atoms with van der Waals surface area (Å²) < 4.78 is 4.70. The molecule has 0 aliphatic heterocycles. The molecule has 17 heavy (non-hydrogen) atoms. The van der Waals surface area contributed by atoms with E-state index in [2.05, 4.69) is 5.16 Å². The molecular formula is C12H17NO4. The number of rotatable bonds is 4. The van der Waals surface area contributed by atoms with E-state index in [-0.39, 0.29) is 17.8 Å². The van der Waals surface area contributed by atoms with Crippen molar-refractivity contribution >= 4 is 18.0 Å². The Labute approximate surface area is 100 Å². The van der Waals surface area contributed by atoms with Crippen LogP contribution in [0.15, 0.2) is 16.3 Å². The Morgan fingerprint density at radius 2 is 2.18 bits per heavy atom. The summed E-state index contributed by atoms with van der Waals surface area (Å²) in [6.45, 7) is 5.86. The Hall–Kier alpha value is -1.65. The molecule has 1 aliphatic carbocycles. The second-order valence-corrected chi connectivity index (χ2v) is 4.42. The maximum atomic E-state index is 11.8. The van der Waals surface area contributed by atoms with Crippen molar-refractivity contribution in [3.05, 3.63) is 11.1 Å². The number of oxime groups is 1. The van der Waals surface area contributed by atoms with Gasteiger partial charge in [-0.15, -0.1) is 0 Å². The molecule has 0 unspecified atom stereocenters. The van der Waals surface area contributed by atoms with Gasteiger partial charge in [-0.2, -0.15) is 0 Å². The first-order valence-electron chi connectivity index (χ1n) is 5.45. The highest BCUT2D eigenvalue weighted by Crippen LogP contribution is 2.40. The van der Waals surface area contributed by atoms with Gasteiger partial charge in [0, 0.05) is 11.8 Å². The standard InChI is InChI=1S/C12H17NO4/c1-5-17-13-7-8-9(14)6-12(2,3)10(8)11(15)16-4/h7H,5-6H2,1-4H3. The number of ether oxygens (including phenoxy) is 1. The van der Waals surface area contributed by atoms with E-state index in [4.69, 9.17) is 9.57 Å². The number of allylic oxidation sites excluding steroid dienone is 1. The summed E-state index contributed by atoms with van der Waals surface area (Å²) in [5, 5.41) is 3.64. The minimum absolute atomic E-state index is 0.112. The molecule has 0 aromatic heterocycles. The van der Waals surface area contributed by atoms with E-state index < -0.39 is 11.4 Å². The van der Waals surface area contributed by atoms with Crippen LogP contribution in [0, 0.1) is 5.41 Å². The second-order valence-electron chi connectivity index (χ2n) is 4.42. The zero-order valence-corrected chi connectivity index (χ0v) is 10.6. The van der Waals surface area contributed by atoms with Gasteiger partial charge in [0.15, 0.2) is 5.78 Å². The summed E-state index contributed by atoms with van der Waals surface area (Å²) >= 11 is 0. The molecule has 0 amide bonds. The average molecular weight is 239 g/mol. The summed E-state index contributed by atoms with van der Waals surface area (Å²) in [4.78, 5) is 28.3. The van der Waals surface area contributed by atoms with Gasteiger partial charge < -0.3 is 9.57 Å². The van der Waals surface area contributed by atoms with Crippen LogP contribution in [0.2, 0.25) is 0 Å². The fraction of sp³-hybridized carbons (Fsp3) is 0.583. The van der Waals surface area contributed by atoms with Crippen molar-refractivity contribution in [1.82, 2.24) is 0 Å². The van der Waals surface area contributed by atoms with Gasteiger partial charge in [0.1, 0.15) is 6.61 Å². The largest absolute Gasteiger partial charge is 0.466 e. The first-order chi connectivity index (χ1) is 7.94. The van der Waals surface area contributed by atoms with E-state index in [9.17, 15) is 9.59 Å². The molecule has 0 atom stereocenters. The lowest BCUT2D eigenvalue weighted by Gasteiger charge is -2.19. The molecule has 0 aromatic rings. The maximum absolute atomic E-state index is 11.8. The molecule has 94 valence electrons. The van der Waals surface area contributed by atoms with Gasteiger partial charge in [0.2, 0.25) is 0 Å². The first kappa shape index (κ1) is 13.4. The molecule has 0 fully saturated rings. The molecule has 0 spiro atoms. The third-order valence-corrected chi connectivity index (χ3v) is 2.62. The summed E-state index contributed by atoms with van der Waals surface area (Å²) in [6.07, 6.45) is 1.58. The van der Waals surface area contributed by atoms with Gasteiger partial charge in [-0.3, -0.25) is 4.79 Å². The molecule has 5 nitrogen and oxygen atoms in total. The van der Waals surface area contributed by atoms with Crippen molar-refractivity contribution in [2.45, 2.75) is 27.2 Å². The van der Waals surface area contributed by atoms with E-state index in [1.807, 2.05) is 13.8 Å². The normalized spacial score (nSPS) is 18.9. The topological polar surface area (TPSA) is 65.0 Å². The third-order valence-electron chi connectivity index (χ3n) is 2.62. The predicted octanol–water partition coefficient (Wildman–Crippen LogP) is 1.48. The van der Waals surface area contributed by atoms with E-state index in [0.29, 0.717) is 12.2 Å². The van der Waals surface area contributed by atoms with Crippen LogP contribution in [-0.4, -0.2) is 31.7 Å². The number of carbonyl (C=O) groups excluding carboxylic acids is 2. The molecule has 0 N–H and O–H groups in total. The molecule has 0 bridgehead atoms. The Morgan fingerprint density at radius 3 is 2.71 bits per heavy atom. The minimum atomic E-state index is -0.516. The van der Waals surface area contributed by atoms with Crippen LogP contribution in [0.1, 0.15) is 27.2 Å². The molecule has 5 heteroatoms.